The number of halogens is 1. The van der Waals surface area contributed by atoms with Gasteiger partial charge in [0.05, 0.1) is 18.0 Å². The van der Waals surface area contributed by atoms with Crippen molar-refractivity contribution in [3.05, 3.63) is 113 Å². The van der Waals surface area contributed by atoms with E-state index >= 15 is 0 Å². The van der Waals surface area contributed by atoms with Crippen molar-refractivity contribution in [2.45, 2.75) is 18.1 Å². The minimum atomic E-state index is -0.204. The van der Waals surface area contributed by atoms with Gasteiger partial charge in [-0.25, -0.2) is 0 Å². The van der Waals surface area contributed by atoms with Crippen LogP contribution < -0.4 is 10.2 Å². The number of carbonyl (C=O) groups excluding carboxylic acids is 2. The Morgan fingerprint density at radius 2 is 1.72 bits per heavy atom. The van der Waals surface area contributed by atoms with Crippen LogP contribution in [0, 0.1) is 0 Å². The van der Waals surface area contributed by atoms with Crippen molar-refractivity contribution in [2.24, 2.45) is 0 Å². The number of fused-ring (bicyclic) bond motifs is 2. The quantitative estimate of drug-likeness (QED) is 0.262. The summed E-state index contributed by atoms with van der Waals surface area (Å²) in [7, 11) is 0. The Hall–Kier alpha value is -4.14. The molecule has 0 spiro atoms. The number of nitrogens with one attached hydrogen (secondary N) is 1. The Morgan fingerprint density at radius 3 is 2.62 bits per heavy atom. The molecule has 1 aliphatic rings. The van der Waals surface area contributed by atoms with Crippen molar-refractivity contribution in [1.82, 2.24) is 20.1 Å². The Kier molecular flexibility index (Phi) is 7.04. The number of hydrogen-bond acceptors (Lipinski definition) is 5. The summed E-state index contributed by atoms with van der Waals surface area (Å²) >= 11 is 7.61. The second-order valence-electron chi connectivity index (χ2n) is 9.14. The summed E-state index contributed by atoms with van der Waals surface area (Å²) in [6.07, 6.45) is 0.853. The third-order valence-electron chi connectivity index (χ3n) is 6.72. The number of anilines is 1. The highest BCUT2D eigenvalue weighted by Gasteiger charge is 2.25. The normalized spacial score (nSPS) is 12.5. The average Bonchev–Trinajstić information content (AvgIpc) is 3.58. The van der Waals surface area contributed by atoms with Gasteiger partial charge < -0.3 is 10.2 Å². The van der Waals surface area contributed by atoms with Crippen LogP contribution in [0.4, 0.5) is 5.69 Å². The van der Waals surface area contributed by atoms with Crippen LogP contribution in [0.3, 0.4) is 0 Å². The van der Waals surface area contributed by atoms with Gasteiger partial charge in [-0.15, -0.1) is 10.2 Å². The Bertz CT molecular complexity index is 1700. The largest absolute Gasteiger partial charge is 0.345 e. The van der Waals surface area contributed by atoms with Crippen LogP contribution >= 0.6 is 23.4 Å². The summed E-state index contributed by atoms with van der Waals surface area (Å²) in [5.41, 5.74) is 3.50. The number of carbonyl (C=O) groups is 2. The lowest BCUT2D eigenvalue weighted by Gasteiger charge is -2.17. The molecule has 39 heavy (non-hydrogen) atoms. The van der Waals surface area contributed by atoms with Crippen LogP contribution in [-0.2, 0) is 17.8 Å². The molecule has 0 unspecified atom stereocenters. The number of amides is 2. The first kappa shape index (κ1) is 25.2. The predicted molar refractivity (Wildman–Crippen MR) is 155 cm³/mol. The van der Waals surface area contributed by atoms with Gasteiger partial charge >= 0.3 is 0 Å². The average molecular weight is 554 g/mol. The molecule has 0 saturated carbocycles. The molecule has 4 aromatic carbocycles. The van der Waals surface area contributed by atoms with Crippen molar-refractivity contribution in [3.63, 3.8) is 0 Å². The van der Waals surface area contributed by atoms with E-state index in [0.717, 1.165) is 28.6 Å². The minimum Gasteiger partial charge on any atom is -0.345 e. The van der Waals surface area contributed by atoms with E-state index in [2.05, 4.69) is 21.6 Å². The third-order valence-corrected chi connectivity index (χ3v) is 7.87. The van der Waals surface area contributed by atoms with Gasteiger partial charge in [-0.2, -0.15) is 0 Å². The van der Waals surface area contributed by atoms with Gasteiger partial charge in [0, 0.05) is 22.8 Å². The fourth-order valence-corrected chi connectivity index (χ4v) is 5.89. The summed E-state index contributed by atoms with van der Waals surface area (Å²) in [6, 6.07) is 28.8. The standard InChI is InChI=1S/C30H24ClN5O2S/c31-22-10-6-11-23(17-22)36-27(18-32-29(38)25-13-5-9-20-7-1-3-12-24(20)25)33-34-30(36)39-19-28(37)35-16-15-21-8-2-4-14-26(21)35/h1-14,17H,15-16,18-19H2,(H,32,38). The number of hydrogen-bond donors (Lipinski definition) is 1. The summed E-state index contributed by atoms with van der Waals surface area (Å²) in [6.45, 7) is 0.820. The highest BCUT2D eigenvalue weighted by molar-refractivity contribution is 7.99. The molecule has 9 heteroatoms. The molecule has 0 radical (unpaired) electrons. The lowest BCUT2D eigenvalue weighted by molar-refractivity contribution is -0.116. The van der Waals surface area contributed by atoms with Crippen molar-refractivity contribution in [2.75, 3.05) is 17.2 Å². The van der Waals surface area contributed by atoms with E-state index in [1.165, 1.54) is 17.3 Å². The summed E-state index contributed by atoms with van der Waals surface area (Å²) in [4.78, 5) is 28.1. The number of para-hydroxylation sites is 1. The second-order valence-corrected chi connectivity index (χ2v) is 10.5. The predicted octanol–water partition coefficient (Wildman–Crippen LogP) is 5.69. The third kappa shape index (κ3) is 5.13. The van der Waals surface area contributed by atoms with Crippen molar-refractivity contribution in [3.8, 4) is 5.69 Å². The van der Waals surface area contributed by atoms with E-state index in [1.54, 1.807) is 6.07 Å². The van der Waals surface area contributed by atoms with Gasteiger partial charge in [-0.1, -0.05) is 84.0 Å². The van der Waals surface area contributed by atoms with Gasteiger partial charge in [-0.05, 0) is 53.1 Å². The van der Waals surface area contributed by atoms with Crippen LogP contribution in [0.5, 0.6) is 0 Å². The molecule has 2 amide bonds. The highest BCUT2D eigenvalue weighted by atomic mass is 35.5. The van der Waals surface area contributed by atoms with E-state index in [1.807, 2.05) is 88.3 Å². The van der Waals surface area contributed by atoms with Crippen molar-refractivity contribution >= 4 is 51.6 Å². The molecule has 1 N–H and O–H groups in total. The monoisotopic (exact) mass is 553 g/mol. The van der Waals surface area contributed by atoms with Crippen molar-refractivity contribution < 1.29 is 9.59 Å². The second kappa shape index (κ2) is 10.9. The summed E-state index contributed by atoms with van der Waals surface area (Å²) in [5, 5.41) is 14.7. The molecular formula is C30H24ClN5O2S. The van der Waals surface area contributed by atoms with Crippen LogP contribution in [0.25, 0.3) is 16.5 Å². The molecule has 194 valence electrons. The summed E-state index contributed by atoms with van der Waals surface area (Å²) < 4.78 is 1.84. The zero-order valence-corrected chi connectivity index (χ0v) is 22.5. The molecule has 0 atom stereocenters. The maximum absolute atomic E-state index is 13.2. The fourth-order valence-electron chi connectivity index (χ4n) is 4.86. The molecule has 0 fully saturated rings. The molecule has 6 rings (SSSR count). The molecule has 0 bridgehead atoms. The molecule has 0 aliphatic carbocycles. The van der Waals surface area contributed by atoms with Crippen LogP contribution in [-0.4, -0.2) is 38.9 Å². The zero-order valence-electron chi connectivity index (χ0n) is 20.9. The topological polar surface area (TPSA) is 80.1 Å². The van der Waals surface area contributed by atoms with E-state index in [0.29, 0.717) is 28.1 Å². The molecule has 5 aromatic rings. The Labute approximate surface area is 234 Å². The molecule has 7 nitrogen and oxygen atoms in total. The Balaban J connectivity index is 1.23. The van der Waals surface area contributed by atoms with Gasteiger partial charge in [0.15, 0.2) is 11.0 Å². The van der Waals surface area contributed by atoms with Crippen LogP contribution in [0.1, 0.15) is 21.7 Å². The smallest absolute Gasteiger partial charge is 0.252 e. The van der Waals surface area contributed by atoms with E-state index < -0.39 is 0 Å². The minimum absolute atomic E-state index is 0.0106. The Morgan fingerprint density at radius 1 is 0.923 bits per heavy atom. The molecular weight excluding hydrogens is 530 g/mol. The lowest BCUT2D eigenvalue weighted by Crippen LogP contribution is -2.30. The zero-order chi connectivity index (χ0) is 26.8. The van der Waals surface area contributed by atoms with Gasteiger partial charge in [0.1, 0.15) is 0 Å². The number of thioether (sulfide) groups is 1. The lowest BCUT2D eigenvalue weighted by atomic mass is 10.0. The molecule has 2 heterocycles. The van der Waals surface area contributed by atoms with Crippen LogP contribution in [0.2, 0.25) is 5.02 Å². The molecule has 0 saturated heterocycles. The van der Waals surface area contributed by atoms with E-state index in [9.17, 15) is 9.59 Å². The fraction of sp³-hybridized carbons (Fsp3) is 0.133. The first-order valence-corrected chi connectivity index (χ1v) is 13.9. The van der Waals surface area contributed by atoms with E-state index in [4.69, 9.17) is 11.6 Å². The van der Waals surface area contributed by atoms with Gasteiger partial charge in [-0.3, -0.25) is 14.2 Å². The van der Waals surface area contributed by atoms with E-state index in [-0.39, 0.29) is 24.1 Å². The SMILES string of the molecule is O=C(NCc1nnc(SCC(=O)N2CCc3ccccc32)n1-c1cccc(Cl)c1)c1cccc2ccccc12. The molecule has 1 aromatic heterocycles. The molecule has 1 aliphatic heterocycles. The van der Waals surface area contributed by atoms with Crippen molar-refractivity contribution in [1.29, 1.82) is 0 Å². The highest BCUT2D eigenvalue weighted by Crippen LogP contribution is 2.30. The van der Waals surface area contributed by atoms with Gasteiger partial charge in [0.2, 0.25) is 5.91 Å². The maximum atomic E-state index is 13.2. The number of aromatic nitrogens is 3. The van der Waals surface area contributed by atoms with Gasteiger partial charge in [0.25, 0.3) is 5.91 Å². The number of nitrogens with zero attached hydrogens (tertiary/aromatic N) is 4. The van der Waals surface area contributed by atoms with Crippen LogP contribution in [0.15, 0.2) is 96.2 Å². The number of benzene rings is 4. The maximum Gasteiger partial charge on any atom is 0.252 e. The first-order valence-electron chi connectivity index (χ1n) is 12.6. The summed E-state index contributed by atoms with van der Waals surface area (Å²) in [5.74, 6) is 0.545. The first-order chi connectivity index (χ1) is 19.1. The number of rotatable bonds is 7.